The second-order valence-electron chi connectivity index (χ2n) is 7.02. The van der Waals surface area contributed by atoms with Crippen LogP contribution in [0.2, 0.25) is 0 Å². The summed E-state index contributed by atoms with van der Waals surface area (Å²) in [7, 11) is 1.69. The van der Waals surface area contributed by atoms with E-state index in [1.165, 1.54) is 11.1 Å². The van der Waals surface area contributed by atoms with Gasteiger partial charge in [-0.3, -0.25) is 9.69 Å². The molecule has 1 N–H and O–H groups in total. The highest BCUT2D eigenvalue weighted by molar-refractivity contribution is 5.93. The quantitative estimate of drug-likeness (QED) is 0.676. The smallest absolute Gasteiger partial charge is 0.238 e. The molecule has 0 saturated carbocycles. The number of anilines is 1. The van der Waals surface area contributed by atoms with Crippen molar-refractivity contribution in [2.45, 2.75) is 13.0 Å². The van der Waals surface area contributed by atoms with Crippen molar-refractivity contribution in [1.29, 1.82) is 0 Å². The van der Waals surface area contributed by atoms with Gasteiger partial charge >= 0.3 is 0 Å². The summed E-state index contributed by atoms with van der Waals surface area (Å²) in [5.74, 6) is 2.17. The number of carbonyl (C=O) groups is 1. The Hall–Kier alpha value is -3.31. The maximum absolute atomic E-state index is 12.7. The van der Waals surface area contributed by atoms with Crippen molar-refractivity contribution in [3.63, 3.8) is 0 Å². The second kappa shape index (κ2) is 8.80. The molecule has 0 saturated heterocycles. The monoisotopic (exact) mass is 388 g/mol. The first-order valence-electron chi connectivity index (χ1n) is 9.72. The summed E-state index contributed by atoms with van der Waals surface area (Å²) >= 11 is 0. The van der Waals surface area contributed by atoms with Gasteiger partial charge in [-0.25, -0.2) is 0 Å². The highest BCUT2D eigenvalue weighted by atomic mass is 16.5. The van der Waals surface area contributed by atoms with Crippen LogP contribution in [0.1, 0.15) is 11.1 Å². The molecular formula is C24H24N2O3. The number of nitrogens with one attached hydrogen (secondary N) is 1. The van der Waals surface area contributed by atoms with Gasteiger partial charge in [0.05, 0.1) is 19.3 Å². The van der Waals surface area contributed by atoms with Gasteiger partial charge in [0, 0.05) is 18.7 Å². The first kappa shape index (κ1) is 19.0. The van der Waals surface area contributed by atoms with Crippen LogP contribution < -0.4 is 14.8 Å². The minimum absolute atomic E-state index is 0.0625. The number of benzene rings is 3. The number of nitrogens with zero attached hydrogens (tertiary/aromatic N) is 1. The molecule has 1 heterocycles. The highest BCUT2D eigenvalue weighted by Gasteiger charge is 2.21. The normalized spacial score (nSPS) is 13.4. The van der Waals surface area contributed by atoms with Crippen LogP contribution >= 0.6 is 0 Å². The van der Waals surface area contributed by atoms with E-state index < -0.39 is 0 Å². The first-order valence-corrected chi connectivity index (χ1v) is 9.72. The summed E-state index contributed by atoms with van der Waals surface area (Å²) in [6.07, 6.45) is 0.910. The Kier molecular flexibility index (Phi) is 5.77. The molecule has 29 heavy (non-hydrogen) atoms. The van der Waals surface area contributed by atoms with Crippen LogP contribution in [0.5, 0.6) is 17.2 Å². The molecule has 0 radical (unpaired) electrons. The van der Waals surface area contributed by atoms with Crippen molar-refractivity contribution in [3.8, 4) is 17.2 Å². The minimum atomic E-state index is -0.0625. The van der Waals surface area contributed by atoms with E-state index in [2.05, 4.69) is 16.3 Å². The summed E-state index contributed by atoms with van der Waals surface area (Å²) in [4.78, 5) is 14.9. The molecule has 3 aromatic carbocycles. The minimum Gasteiger partial charge on any atom is -0.496 e. The van der Waals surface area contributed by atoms with Crippen LogP contribution in [0, 0.1) is 0 Å². The number of amides is 1. The fourth-order valence-electron chi connectivity index (χ4n) is 3.60. The van der Waals surface area contributed by atoms with Gasteiger partial charge in [0.25, 0.3) is 0 Å². The van der Waals surface area contributed by atoms with E-state index in [1.54, 1.807) is 7.11 Å². The molecule has 0 bridgehead atoms. The molecule has 3 aromatic rings. The molecule has 0 aliphatic carbocycles. The summed E-state index contributed by atoms with van der Waals surface area (Å²) < 4.78 is 11.4. The molecule has 0 unspecified atom stereocenters. The number of carbonyl (C=O) groups excluding carboxylic acids is 1. The van der Waals surface area contributed by atoms with Gasteiger partial charge in [-0.2, -0.15) is 0 Å². The van der Waals surface area contributed by atoms with E-state index in [4.69, 9.17) is 9.47 Å². The maximum Gasteiger partial charge on any atom is 0.238 e. The third kappa shape index (κ3) is 4.58. The molecule has 0 fully saturated rings. The third-order valence-corrected chi connectivity index (χ3v) is 5.03. The van der Waals surface area contributed by atoms with Gasteiger partial charge in [0.2, 0.25) is 5.91 Å². The molecular weight excluding hydrogens is 364 g/mol. The number of fused-ring (bicyclic) bond motifs is 1. The van der Waals surface area contributed by atoms with Crippen LogP contribution in [0.15, 0.2) is 72.8 Å². The Balaban J connectivity index is 1.42. The summed E-state index contributed by atoms with van der Waals surface area (Å²) in [5.41, 5.74) is 3.13. The highest BCUT2D eigenvalue weighted by Crippen LogP contribution is 2.30. The van der Waals surface area contributed by atoms with E-state index in [9.17, 15) is 4.79 Å². The van der Waals surface area contributed by atoms with Crippen LogP contribution in [0.4, 0.5) is 5.69 Å². The number of methoxy groups -OCH3 is 1. The van der Waals surface area contributed by atoms with Crippen molar-refractivity contribution in [2.75, 3.05) is 25.5 Å². The van der Waals surface area contributed by atoms with E-state index in [1.807, 2.05) is 66.7 Å². The molecule has 4 rings (SSSR count). The first-order chi connectivity index (χ1) is 14.2. The molecule has 0 atom stereocenters. The Labute approximate surface area is 170 Å². The maximum atomic E-state index is 12.7. The van der Waals surface area contributed by atoms with E-state index in [0.29, 0.717) is 24.5 Å². The number of rotatable bonds is 6. The zero-order valence-electron chi connectivity index (χ0n) is 16.4. The third-order valence-electron chi connectivity index (χ3n) is 5.03. The molecule has 5 nitrogen and oxygen atoms in total. The van der Waals surface area contributed by atoms with Gasteiger partial charge < -0.3 is 14.8 Å². The zero-order valence-corrected chi connectivity index (χ0v) is 16.4. The predicted octanol–water partition coefficient (Wildman–Crippen LogP) is 4.48. The average molecular weight is 388 g/mol. The van der Waals surface area contributed by atoms with E-state index in [0.717, 1.165) is 24.5 Å². The molecule has 1 amide bonds. The van der Waals surface area contributed by atoms with Gasteiger partial charge in [-0.05, 0) is 42.3 Å². The lowest BCUT2D eigenvalue weighted by Crippen LogP contribution is -2.37. The van der Waals surface area contributed by atoms with Gasteiger partial charge in [-0.1, -0.05) is 42.5 Å². The molecule has 1 aliphatic rings. The fourth-order valence-corrected chi connectivity index (χ4v) is 3.60. The molecule has 148 valence electrons. The van der Waals surface area contributed by atoms with E-state index >= 15 is 0 Å². The SMILES string of the molecule is COc1cccc2c1CN(CC(=O)Nc1ccccc1Oc1ccccc1)CC2. The van der Waals surface area contributed by atoms with Gasteiger partial charge in [-0.15, -0.1) is 0 Å². The Morgan fingerprint density at radius 3 is 2.55 bits per heavy atom. The zero-order chi connectivity index (χ0) is 20.1. The average Bonchev–Trinajstić information content (AvgIpc) is 2.75. The standard InChI is InChI=1S/C24H24N2O3/c1-28-22-13-7-8-18-14-15-26(16-20(18)22)17-24(27)25-21-11-5-6-12-23(21)29-19-9-3-2-4-10-19/h2-13H,14-17H2,1H3,(H,25,27). The summed E-state index contributed by atoms with van der Waals surface area (Å²) in [6.45, 7) is 1.86. The summed E-state index contributed by atoms with van der Waals surface area (Å²) in [6, 6.07) is 23.1. The van der Waals surface area contributed by atoms with Crippen LogP contribution in [-0.4, -0.2) is 31.0 Å². The van der Waals surface area contributed by atoms with E-state index in [-0.39, 0.29) is 5.91 Å². The number of hydrogen-bond acceptors (Lipinski definition) is 4. The fraction of sp³-hybridized carbons (Fsp3) is 0.208. The Morgan fingerprint density at radius 2 is 1.72 bits per heavy atom. The van der Waals surface area contributed by atoms with Crippen molar-refractivity contribution in [1.82, 2.24) is 4.90 Å². The Morgan fingerprint density at radius 1 is 0.966 bits per heavy atom. The summed E-state index contributed by atoms with van der Waals surface area (Å²) in [5, 5.41) is 2.99. The van der Waals surface area contributed by atoms with Crippen molar-refractivity contribution >= 4 is 11.6 Å². The van der Waals surface area contributed by atoms with Gasteiger partial charge in [0.1, 0.15) is 11.5 Å². The van der Waals surface area contributed by atoms with Crippen LogP contribution in [0.3, 0.4) is 0 Å². The number of ether oxygens (including phenoxy) is 2. The van der Waals surface area contributed by atoms with Crippen LogP contribution in [0.25, 0.3) is 0 Å². The molecule has 5 heteroatoms. The molecule has 1 aliphatic heterocycles. The van der Waals surface area contributed by atoms with Crippen molar-refractivity contribution < 1.29 is 14.3 Å². The second-order valence-corrected chi connectivity index (χ2v) is 7.02. The largest absolute Gasteiger partial charge is 0.496 e. The lowest BCUT2D eigenvalue weighted by molar-refractivity contribution is -0.117. The lowest BCUT2D eigenvalue weighted by Gasteiger charge is -2.29. The van der Waals surface area contributed by atoms with Crippen molar-refractivity contribution in [3.05, 3.63) is 83.9 Å². The number of hydrogen-bond donors (Lipinski definition) is 1. The van der Waals surface area contributed by atoms with Crippen LogP contribution in [-0.2, 0) is 17.8 Å². The van der Waals surface area contributed by atoms with Crippen molar-refractivity contribution in [2.24, 2.45) is 0 Å². The molecule has 0 aromatic heterocycles. The lowest BCUT2D eigenvalue weighted by atomic mass is 9.99. The topological polar surface area (TPSA) is 50.8 Å². The molecule has 0 spiro atoms. The van der Waals surface area contributed by atoms with Gasteiger partial charge in [0.15, 0.2) is 5.75 Å². The number of para-hydroxylation sites is 3. The predicted molar refractivity (Wildman–Crippen MR) is 114 cm³/mol. The Bertz CT molecular complexity index is 974.